The van der Waals surface area contributed by atoms with E-state index in [0.29, 0.717) is 0 Å². The number of hydrogen-bond donors (Lipinski definition) is 2. The van der Waals surface area contributed by atoms with Gasteiger partial charge in [0.25, 0.3) is 0 Å². The second-order valence-electron chi connectivity index (χ2n) is 6.44. The summed E-state index contributed by atoms with van der Waals surface area (Å²) in [6, 6.07) is 6.92. The summed E-state index contributed by atoms with van der Waals surface area (Å²) in [5.41, 5.74) is 1.09. The first-order valence-electron chi connectivity index (χ1n) is 8.74. The SMILES string of the molecule is CCc1nncn1CCNC(=NC)NCC1(c2cccc(F)c2)CC1.I. The number of aryl methyl sites for hydroxylation is 1. The second kappa shape index (κ2) is 9.29. The topological polar surface area (TPSA) is 67.1 Å². The number of aliphatic imine (C=N–C) groups is 1. The number of nitrogens with zero attached hydrogens (tertiary/aromatic N) is 4. The number of nitrogens with one attached hydrogen (secondary N) is 2. The maximum atomic E-state index is 13.5. The van der Waals surface area contributed by atoms with Crippen molar-refractivity contribution in [2.75, 3.05) is 20.1 Å². The van der Waals surface area contributed by atoms with Gasteiger partial charge < -0.3 is 15.2 Å². The summed E-state index contributed by atoms with van der Waals surface area (Å²) in [5, 5.41) is 14.7. The number of rotatable bonds is 7. The summed E-state index contributed by atoms with van der Waals surface area (Å²) in [5.74, 6) is 1.56. The first-order chi connectivity index (χ1) is 12.2. The fourth-order valence-electron chi connectivity index (χ4n) is 3.04. The predicted octanol–water partition coefficient (Wildman–Crippen LogP) is 2.49. The molecule has 142 valence electrons. The van der Waals surface area contributed by atoms with Crippen LogP contribution in [-0.2, 0) is 18.4 Å². The van der Waals surface area contributed by atoms with Crippen LogP contribution in [0.3, 0.4) is 0 Å². The molecule has 1 aromatic heterocycles. The van der Waals surface area contributed by atoms with Crippen molar-refractivity contribution < 1.29 is 4.39 Å². The highest BCUT2D eigenvalue weighted by molar-refractivity contribution is 14.0. The van der Waals surface area contributed by atoms with Gasteiger partial charge in [-0.2, -0.15) is 0 Å². The fraction of sp³-hybridized carbons (Fsp3) is 0.500. The quantitative estimate of drug-likeness (QED) is 0.369. The Hall–Kier alpha value is -1.71. The van der Waals surface area contributed by atoms with Gasteiger partial charge in [-0.05, 0) is 30.5 Å². The van der Waals surface area contributed by atoms with E-state index in [0.717, 1.165) is 56.2 Å². The Labute approximate surface area is 170 Å². The Morgan fingerprint density at radius 2 is 2.15 bits per heavy atom. The van der Waals surface area contributed by atoms with Crippen LogP contribution >= 0.6 is 24.0 Å². The second-order valence-corrected chi connectivity index (χ2v) is 6.44. The van der Waals surface area contributed by atoms with E-state index < -0.39 is 0 Å². The molecule has 0 amide bonds. The highest BCUT2D eigenvalue weighted by Crippen LogP contribution is 2.47. The summed E-state index contributed by atoms with van der Waals surface area (Å²) >= 11 is 0. The molecule has 8 heteroatoms. The molecule has 1 aliphatic carbocycles. The average Bonchev–Trinajstić information content (AvgIpc) is 3.28. The lowest BCUT2D eigenvalue weighted by atomic mass is 9.96. The van der Waals surface area contributed by atoms with Crippen LogP contribution in [0.1, 0.15) is 31.2 Å². The number of halogens is 2. The summed E-state index contributed by atoms with van der Waals surface area (Å²) in [6.07, 6.45) is 4.75. The van der Waals surface area contributed by atoms with Gasteiger partial charge in [-0.1, -0.05) is 19.1 Å². The number of guanidine groups is 1. The van der Waals surface area contributed by atoms with E-state index in [1.807, 2.05) is 10.6 Å². The third kappa shape index (κ3) is 4.93. The first kappa shape index (κ1) is 20.6. The summed E-state index contributed by atoms with van der Waals surface area (Å²) in [4.78, 5) is 4.27. The lowest BCUT2D eigenvalue weighted by Gasteiger charge is -2.19. The van der Waals surface area contributed by atoms with Gasteiger partial charge in [0.2, 0.25) is 0 Å². The lowest BCUT2D eigenvalue weighted by molar-refractivity contribution is 0.601. The summed E-state index contributed by atoms with van der Waals surface area (Å²) < 4.78 is 15.5. The van der Waals surface area contributed by atoms with E-state index in [1.54, 1.807) is 25.5 Å². The van der Waals surface area contributed by atoms with E-state index in [4.69, 9.17) is 0 Å². The molecule has 0 unspecified atom stereocenters. The van der Waals surface area contributed by atoms with Crippen LogP contribution in [0.2, 0.25) is 0 Å². The molecule has 0 radical (unpaired) electrons. The van der Waals surface area contributed by atoms with Crippen LogP contribution in [0.5, 0.6) is 0 Å². The number of hydrogen-bond acceptors (Lipinski definition) is 3. The highest BCUT2D eigenvalue weighted by Gasteiger charge is 2.44. The molecule has 0 aliphatic heterocycles. The van der Waals surface area contributed by atoms with Gasteiger partial charge in [-0.3, -0.25) is 4.99 Å². The Morgan fingerprint density at radius 1 is 1.35 bits per heavy atom. The van der Waals surface area contributed by atoms with E-state index in [-0.39, 0.29) is 35.2 Å². The van der Waals surface area contributed by atoms with Gasteiger partial charge in [-0.15, -0.1) is 34.2 Å². The largest absolute Gasteiger partial charge is 0.356 e. The Bertz CT molecular complexity index is 741. The predicted molar refractivity (Wildman–Crippen MR) is 111 cm³/mol. The Kier molecular flexibility index (Phi) is 7.36. The van der Waals surface area contributed by atoms with Crippen molar-refractivity contribution in [2.45, 2.75) is 38.1 Å². The smallest absolute Gasteiger partial charge is 0.191 e. The van der Waals surface area contributed by atoms with Crippen LogP contribution < -0.4 is 10.6 Å². The zero-order valence-corrected chi connectivity index (χ0v) is 17.5. The first-order valence-corrected chi connectivity index (χ1v) is 8.74. The van der Waals surface area contributed by atoms with Gasteiger partial charge >= 0.3 is 0 Å². The third-order valence-electron chi connectivity index (χ3n) is 4.77. The Morgan fingerprint density at radius 3 is 2.81 bits per heavy atom. The van der Waals surface area contributed by atoms with Crippen LogP contribution in [0.25, 0.3) is 0 Å². The molecule has 0 atom stereocenters. The monoisotopic (exact) mass is 472 g/mol. The minimum atomic E-state index is -0.174. The van der Waals surface area contributed by atoms with Crippen LogP contribution in [0.4, 0.5) is 4.39 Å². The Balaban J connectivity index is 0.00000243. The highest BCUT2D eigenvalue weighted by atomic mass is 127. The lowest BCUT2D eigenvalue weighted by Crippen LogP contribution is -2.42. The maximum absolute atomic E-state index is 13.5. The van der Waals surface area contributed by atoms with Crippen molar-refractivity contribution in [2.24, 2.45) is 4.99 Å². The normalized spacial score (nSPS) is 15.3. The van der Waals surface area contributed by atoms with Crippen molar-refractivity contribution in [1.29, 1.82) is 0 Å². The van der Waals surface area contributed by atoms with Crippen LogP contribution in [-0.4, -0.2) is 40.9 Å². The van der Waals surface area contributed by atoms with E-state index in [2.05, 4.69) is 32.7 Å². The molecule has 0 spiro atoms. The molecule has 0 bridgehead atoms. The summed E-state index contributed by atoms with van der Waals surface area (Å²) in [7, 11) is 1.76. The molecule has 1 fully saturated rings. The van der Waals surface area contributed by atoms with Gasteiger partial charge in [0.05, 0.1) is 0 Å². The molecule has 6 nitrogen and oxygen atoms in total. The van der Waals surface area contributed by atoms with E-state index >= 15 is 0 Å². The zero-order valence-electron chi connectivity index (χ0n) is 15.2. The van der Waals surface area contributed by atoms with Gasteiger partial charge in [0.15, 0.2) is 5.96 Å². The molecule has 3 rings (SSSR count). The van der Waals surface area contributed by atoms with Crippen LogP contribution in [0.15, 0.2) is 35.6 Å². The van der Waals surface area contributed by atoms with E-state index in [9.17, 15) is 4.39 Å². The van der Waals surface area contributed by atoms with Gasteiger partial charge in [0.1, 0.15) is 18.0 Å². The number of benzene rings is 1. The molecule has 2 N–H and O–H groups in total. The van der Waals surface area contributed by atoms with Crippen LogP contribution in [0, 0.1) is 5.82 Å². The molecular weight excluding hydrogens is 446 g/mol. The zero-order chi connectivity index (χ0) is 17.7. The third-order valence-corrected chi connectivity index (χ3v) is 4.77. The molecule has 26 heavy (non-hydrogen) atoms. The van der Waals surface area contributed by atoms with Crippen molar-refractivity contribution in [3.05, 3.63) is 47.8 Å². The van der Waals surface area contributed by atoms with Crippen molar-refractivity contribution >= 4 is 29.9 Å². The van der Waals surface area contributed by atoms with Gasteiger partial charge in [-0.25, -0.2) is 4.39 Å². The maximum Gasteiger partial charge on any atom is 0.191 e. The minimum absolute atomic E-state index is 0. The van der Waals surface area contributed by atoms with Crippen molar-refractivity contribution in [3.8, 4) is 0 Å². The minimum Gasteiger partial charge on any atom is -0.356 e. The van der Waals surface area contributed by atoms with Crippen molar-refractivity contribution in [1.82, 2.24) is 25.4 Å². The fourth-order valence-corrected chi connectivity index (χ4v) is 3.04. The molecular formula is C18H26FIN6. The molecule has 1 heterocycles. The molecule has 2 aromatic rings. The standard InChI is InChI=1S/C18H25FN6.HI/c1-3-16-24-23-13-25(16)10-9-21-17(20-2)22-12-18(7-8-18)14-5-4-6-15(19)11-14;/h4-6,11,13H,3,7-10,12H2,1-2H3,(H2,20,21,22);1H. The average molecular weight is 472 g/mol. The van der Waals surface area contributed by atoms with E-state index in [1.165, 1.54) is 6.07 Å². The van der Waals surface area contributed by atoms with Crippen molar-refractivity contribution in [3.63, 3.8) is 0 Å². The summed E-state index contributed by atoms with van der Waals surface area (Å²) in [6.45, 7) is 4.34. The van der Waals surface area contributed by atoms with Gasteiger partial charge in [0, 0.05) is 38.5 Å². The molecule has 0 saturated heterocycles. The molecule has 1 aromatic carbocycles. The number of aromatic nitrogens is 3. The molecule has 1 aliphatic rings. The molecule has 1 saturated carbocycles.